The van der Waals surface area contributed by atoms with E-state index in [2.05, 4.69) is 4.98 Å². The molecule has 0 spiro atoms. The lowest BCUT2D eigenvalue weighted by Gasteiger charge is -2.18. The second-order valence-electron chi connectivity index (χ2n) is 6.84. The van der Waals surface area contributed by atoms with Gasteiger partial charge in [-0.05, 0) is 53.6 Å². The normalized spacial score (nSPS) is 10.6. The number of nitrogen functional groups attached to an aromatic ring is 2. The maximum Gasteiger partial charge on any atom is 0.165 e. The Morgan fingerprint density at radius 2 is 1.79 bits per heavy atom. The molecule has 1 heterocycles. The summed E-state index contributed by atoms with van der Waals surface area (Å²) in [7, 11) is 1.43. The van der Waals surface area contributed by atoms with Crippen LogP contribution in [-0.2, 0) is 0 Å². The number of nitrogens with zero attached hydrogens (tertiary/aromatic N) is 1. The van der Waals surface area contributed by atoms with E-state index in [1.165, 1.54) is 19.4 Å². The van der Waals surface area contributed by atoms with Crippen molar-refractivity contribution in [2.75, 3.05) is 31.1 Å². The molecule has 29 heavy (non-hydrogen) atoms. The maximum atomic E-state index is 14.3. The third-order valence-electron chi connectivity index (χ3n) is 4.41. The van der Waals surface area contributed by atoms with Gasteiger partial charge in [0, 0.05) is 28.4 Å². The molecule has 154 valence electrons. The van der Waals surface area contributed by atoms with E-state index in [4.69, 9.17) is 21.6 Å². The van der Waals surface area contributed by atoms with Crippen LogP contribution in [0.1, 0.15) is 31.0 Å². The summed E-state index contributed by atoms with van der Waals surface area (Å²) < 4.78 is 19.3. The number of ether oxygens (including phenoxy) is 1. The highest BCUT2D eigenvalue weighted by atomic mass is 32.2. The molecular formula is C22H27FN4OS. The zero-order valence-corrected chi connectivity index (χ0v) is 18.2. The van der Waals surface area contributed by atoms with Crippen molar-refractivity contribution in [2.45, 2.75) is 19.8 Å². The summed E-state index contributed by atoms with van der Waals surface area (Å²) in [6.45, 7) is 4.01. The first-order chi connectivity index (χ1) is 13.8. The van der Waals surface area contributed by atoms with Gasteiger partial charge < -0.3 is 21.6 Å². The fraction of sp³-hybridized carbons (Fsp3) is 0.273. The second-order valence-corrected chi connectivity index (χ2v) is 7.66. The number of nitrogens with two attached hydrogens (primary N) is 2. The molecule has 0 bridgehead atoms. The summed E-state index contributed by atoms with van der Waals surface area (Å²) in [4.78, 5) is 4.56. The minimum absolute atomic E-state index is 0.0721. The van der Waals surface area contributed by atoms with Crippen molar-refractivity contribution in [3.05, 3.63) is 47.4 Å². The number of thioether (sulfide) groups is 1. The highest BCUT2D eigenvalue weighted by Gasteiger charge is 2.19. The standard InChI is InChI=1S/C20H21FN4O.C2H6S/c1-10(2)19-18(11-4-5-17(26-3)15(21)7-11)13-6-12(9-22)16(23)8-14(13)20(24)25-19;1-3-2/h4-10,22H,23H2,1-3H3,(H2,24,25);1-2H3. The molecule has 0 aliphatic carbocycles. The summed E-state index contributed by atoms with van der Waals surface area (Å²) in [6.07, 6.45) is 5.28. The number of halogens is 1. The number of rotatable bonds is 4. The van der Waals surface area contributed by atoms with Crippen molar-refractivity contribution in [3.63, 3.8) is 0 Å². The van der Waals surface area contributed by atoms with Crippen LogP contribution >= 0.6 is 11.8 Å². The quantitative estimate of drug-likeness (QED) is 0.397. The van der Waals surface area contributed by atoms with E-state index in [0.717, 1.165) is 16.6 Å². The molecule has 3 rings (SSSR count). The molecule has 5 N–H and O–H groups in total. The first-order valence-electron chi connectivity index (χ1n) is 9.06. The first kappa shape index (κ1) is 22.5. The Morgan fingerprint density at radius 3 is 2.31 bits per heavy atom. The predicted molar refractivity (Wildman–Crippen MR) is 124 cm³/mol. The highest BCUT2D eigenvalue weighted by Crippen LogP contribution is 2.39. The van der Waals surface area contributed by atoms with E-state index in [-0.39, 0.29) is 11.7 Å². The predicted octanol–water partition coefficient (Wildman–Crippen LogP) is 5.31. The number of benzene rings is 2. The number of aromatic nitrogens is 1. The first-order valence-corrected chi connectivity index (χ1v) is 10.7. The van der Waals surface area contributed by atoms with Crippen LogP contribution in [0.3, 0.4) is 0 Å². The molecule has 3 aromatic rings. The molecule has 0 radical (unpaired) electrons. The Balaban J connectivity index is 0.000000941. The van der Waals surface area contributed by atoms with Gasteiger partial charge in [0.1, 0.15) is 5.82 Å². The van der Waals surface area contributed by atoms with Gasteiger partial charge in [0.15, 0.2) is 11.6 Å². The van der Waals surface area contributed by atoms with Crippen molar-refractivity contribution in [1.82, 2.24) is 4.98 Å². The minimum Gasteiger partial charge on any atom is -0.494 e. The highest BCUT2D eigenvalue weighted by molar-refractivity contribution is 7.97. The molecule has 0 aliphatic rings. The van der Waals surface area contributed by atoms with Crippen molar-refractivity contribution in [1.29, 1.82) is 5.41 Å². The average molecular weight is 415 g/mol. The number of nitrogens with one attached hydrogen (secondary N) is 1. The largest absolute Gasteiger partial charge is 0.494 e. The van der Waals surface area contributed by atoms with E-state index < -0.39 is 5.82 Å². The molecule has 2 aromatic carbocycles. The van der Waals surface area contributed by atoms with Gasteiger partial charge in [0.05, 0.1) is 12.8 Å². The van der Waals surface area contributed by atoms with Gasteiger partial charge in [-0.3, -0.25) is 0 Å². The van der Waals surface area contributed by atoms with Crippen LogP contribution in [0.25, 0.3) is 21.9 Å². The summed E-state index contributed by atoms with van der Waals surface area (Å²) in [5, 5.41) is 9.06. The van der Waals surface area contributed by atoms with Crippen LogP contribution in [0.15, 0.2) is 30.3 Å². The lowest BCUT2D eigenvalue weighted by molar-refractivity contribution is 0.386. The Morgan fingerprint density at radius 1 is 1.14 bits per heavy atom. The van der Waals surface area contributed by atoms with Gasteiger partial charge in [-0.25, -0.2) is 9.37 Å². The SMILES string of the molecule is COc1ccc(-c2c(C(C)C)nc(N)c3cc(N)c(C=N)cc23)cc1F.CSC. The van der Waals surface area contributed by atoms with E-state index in [1.807, 2.05) is 26.4 Å². The van der Waals surface area contributed by atoms with E-state index in [9.17, 15) is 4.39 Å². The zero-order chi connectivity index (χ0) is 21.7. The average Bonchev–Trinajstić information content (AvgIpc) is 2.68. The van der Waals surface area contributed by atoms with Gasteiger partial charge in [-0.15, -0.1) is 0 Å². The maximum absolute atomic E-state index is 14.3. The zero-order valence-electron chi connectivity index (χ0n) is 17.3. The van der Waals surface area contributed by atoms with Crippen LogP contribution < -0.4 is 16.2 Å². The van der Waals surface area contributed by atoms with Crippen LogP contribution in [0.4, 0.5) is 15.9 Å². The molecule has 0 fully saturated rings. The molecule has 0 saturated carbocycles. The van der Waals surface area contributed by atoms with Crippen molar-refractivity contribution < 1.29 is 9.13 Å². The minimum atomic E-state index is -0.451. The third kappa shape index (κ3) is 4.62. The molecular weight excluding hydrogens is 387 g/mol. The number of hydrogen-bond acceptors (Lipinski definition) is 6. The molecule has 0 aliphatic heterocycles. The molecule has 1 aromatic heterocycles. The van der Waals surface area contributed by atoms with Gasteiger partial charge in [0.25, 0.3) is 0 Å². The number of fused-ring (bicyclic) bond motifs is 1. The van der Waals surface area contributed by atoms with Gasteiger partial charge in [-0.2, -0.15) is 11.8 Å². The summed E-state index contributed by atoms with van der Waals surface area (Å²) >= 11 is 1.75. The van der Waals surface area contributed by atoms with E-state index in [1.54, 1.807) is 36.0 Å². The van der Waals surface area contributed by atoms with Crippen LogP contribution in [0.2, 0.25) is 0 Å². The Kier molecular flexibility index (Phi) is 7.45. The summed E-state index contributed by atoms with van der Waals surface area (Å²) in [5.74, 6) is 0.164. The van der Waals surface area contributed by atoms with E-state index in [0.29, 0.717) is 28.0 Å². The number of hydrogen-bond donors (Lipinski definition) is 3. The number of methoxy groups -OCH3 is 1. The van der Waals surface area contributed by atoms with Gasteiger partial charge in [0.2, 0.25) is 0 Å². The fourth-order valence-corrected chi connectivity index (χ4v) is 3.10. The molecule has 5 nitrogen and oxygen atoms in total. The van der Waals surface area contributed by atoms with Gasteiger partial charge >= 0.3 is 0 Å². The topological polar surface area (TPSA) is 98.0 Å². The molecule has 0 amide bonds. The van der Waals surface area contributed by atoms with Gasteiger partial charge in [-0.1, -0.05) is 19.9 Å². The second kappa shape index (κ2) is 9.60. The third-order valence-corrected chi connectivity index (χ3v) is 4.41. The van der Waals surface area contributed by atoms with Crippen molar-refractivity contribution in [2.24, 2.45) is 0 Å². The lowest BCUT2D eigenvalue weighted by Crippen LogP contribution is -2.05. The Labute approximate surface area is 175 Å². The van der Waals surface area contributed by atoms with Crippen LogP contribution in [-0.4, -0.2) is 30.8 Å². The number of anilines is 2. The fourth-order valence-electron chi connectivity index (χ4n) is 3.10. The van der Waals surface area contributed by atoms with E-state index >= 15 is 0 Å². The van der Waals surface area contributed by atoms with Crippen LogP contribution in [0, 0.1) is 11.2 Å². The molecule has 0 unspecified atom stereocenters. The Hall–Kier alpha value is -2.80. The lowest BCUT2D eigenvalue weighted by atomic mass is 9.91. The van der Waals surface area contributed by atoms with Crippen LogP contribution in [0.5, 0.6) is 5.75 Å². The summed E-state index contributed by atoms with van der Waals surface area (Å²) in [6, 6.07) is 8.33. The number of pyridine rings is 1. The van der Waals surface area contributed by atoms with Crippen molar-refractivity contribution in [3.8, 4) is 16.9 Å². The van der Waals surface area contributed by atoms with Crippen molar-refractivity contribution >= 4 is 40.3 Å². The Bertz CT molecular complexity index is 1040. The molecule has 0 saturated heterocycles. The smallest absolute Gasteiger partial charge is 0.165 e. The molecule has 0 atom stereocenters. The monoisotopic (exact) mass is 414 g/mol. The summed E-state index contributed by atoms with van der Waals surface area (Å²) in [5.41, 5.74) is 15.4. The molecule has 7 heteroatoms.